The summed E-state index contributed by atoms with van der Waals surface area (Å²) in [5.41, 5.74) is -0.649. The summed E-state index contributed by atoms with van der Waals surface area (Å²) in [7, 11) is -3.85. The van der Waals surface area contributed by atoms with Gasteiger partial charge in [0.1, 0.15) is 29.8 Å². The molecule has 13 nitrogen and oxygen atoms in total. The third kappa shape index (κ3) is 7.96. The van der Waals surface area contributed by atoms with Gasteiger partial charge in [-0.1, -0.05) is 60.5 Å². The van der Waals surface area contributed by atoms with Crippen molar-refractivity contribution in [1.29, 1.82) is 0 Å². The van der Waals surface area contributed by atoms with Crippen LogP contribution in [0.25, 0.3) is 0 Å². The lowest BCUT2D eigenvalue weighted by Gasteiger charge is -2.30. The van der Waals surface area contributed by atoms with Crippen molar-refractivity contribution in [3.05, 3.63) is 48.0 Å². The fraction of sp³-hybridized carbons (Fsp3) is 0.606. The summed E-state index contributed by atoms with van der Waals surface area (Å²) in [5.74, 6) is -2.22. The van der Waals surface area contributed by atoms with Crippen LogP contribution in [0.2, 0.25) is 0 Å². The van der Waals surface area contributed by atoms with Crippen LogP contribution >= 0.6 is 0 Å². The van der Waals surface area contributed by atoms with Crippen molar-refractivity contribution in [1.82, 2.24) is 20.3 Å². The Balaban J connectivity index is 1.24. The second-order valence-electron chi connectivity index (χ2n) is 13.3. The van der Waals surface area contributed by atoms with Crippen LogP contribution in [0, 0.1) is 5.92 Å². The minimum Gasteiger partial charge on any atom is -0.446 e. The zero-order chi connectivity index (χ0) is 33.0. The standard InChI is InChI=1S/C33H43N5O8S/c39-29-28-18-25(46-34-20-22-10-5-4-6-11-22)21-38(28)30(40)27(35-32(42)45-24-13-9-14-24)15-8-3-1-2-7-12-23-19-33(23,36-29)31(41)37-47(43,44)26-16-17-26/h4-7,10-12,20,23-28H,1-3,8-9,13-19,21H2,(H,35,42)(H,36,39)(H,37,41)/b12-7-,34-20+/t23-,25-,27+,28+,33?/m1/s1. The molecule has 0 radical (unpaired) electrons. The van der Waals surface area contributed by atoms with E-state index in [0.717, 1.165) is 44.1 Å². The summed E-state index contributed by atoms with van der Waals surface area (Å²) in [6.07, 6.45) is 11.1. The van der Waals surface area contributed by atoms with Gasteiger partial charge < -0.3 is 25.1 Å². The van der Waals surface area contributed by atoms with E-state index in [1.165, 1.54) is 4.90 Å². The van der Waals surface area contributed by atoms with Crippen LogP contribution in [0.4, 0.5) is 4.79 Å². The maximum atomic E-state index is 14.1. The van der Waals surface area contributed by atoms with Gasteiger partial charge >= 0.3 is 6.09 Å². The monoisotopic (exact) mass is 669 g/mol. The lowest BCUT2D eigenvalue weighted by atomic mass is 9.96. The number of rotatable bonds is 8. The zero-order valence-electron chi connectivity index (χ0n) is 26.3. The Morgan fingerprint density at radius 2 is 1.79 bits per heavy atom. The summed E-state index contributed by atoms with van der Waals surface area (Å²) in [6, 6.07) is 7.34. The summed E-state index contributed by atoms with van der Waals surface area (Å²) in [4.78, 5) is 61.6. The highest BCUT2D eigenvalue weighted by Crippen LogP contribution is 2.46. The van der Waals surface area contributed by atoms with Gasteiger partial charge in [-0.3, -0.25) is 19.1 Å². The van der Waals surface area contributed by atoms with Gasteiger partial charge in [0.05, 0.1) is 18.0 Å². The van der Waals surface area contributed by atoms with E-state index in [2.05, 4.69) is 20.5 Å². The number of benzene rings is 1. The third-order valence-corrected chi connectivity index (χ3v) is 11.5. The third-order valence-electron chi connectivity index (χ3n) is 9.67. The molecule has 0 spiro atoms. The molecule has 4 amide bonds. The first-order valence-corrected chi connectivity index (χ1v) is 18.3. The maximum Gasteiger partial charge on any atom is 0.408 e. The molecule has 5 aliphatic rings. The molecule has 47 heavy (non-hydrogen) atoms. The number of nitrogens with zero attached hydrogens (tertiary/aromatic N) is 2. The van der Waals surface area contributed by atoms with E-state index in [0.29, 0.717) is 25.7 Å². The van der Waals surface area contributed by atoms with Gasteiger partial charge in [0.2, 0.25) is 21.8 Å². The number of allylic oxidation sites excluding steroid dienone is 1. The van der Waals surface area contributed by atoms with E-state index in [1.807, 2.05) is 42.5 Å². The highest BCUT2D eigenvalue weighted by atomic mass is 32.2. The van der Waals surface area contributed by atoms with Crippen molar-refractivity contribution in [3.8, 4) is 0 Å². The maximum absolute atomic E-state index is 14.1. The van der Waals surface area contributed by atoms with Crippen LogP contribution in [0.3, 0.4) is 0 Å². The number of hydrogen-bond acceptors (Lipinski definition) is 9. The predicted molar refractivity (Wildman–Crippen MR) is 171 cm³/mol. The van der Waals surface area contributed by atoms with Gasteiger partial charge in [-0.25, -0.2) is 13.2 Å². The van der Waals surface area contributed by atoms with E-state index < -0.39 is 68.7 Å². The van der Waals surface area contributed by atoms with Gasteiger partial charge in [-0.15, -0.1) is 0 Å². The largest absolute Gasteiger partial charge is 0.446 e. The average molecular weight is 670 g/mol. The highest BCUT2D eigenvalue weighted by Gasteiger charge is 2.62. The number of sulfonamides is 1. The first-order chi connectivity index (χ1) is 22.6. The van der Waals surface area contributed by atoms with Gasteiger partial charge in [0, 0.05) is 12.3 Å². The number of ether oxygens (including phenoxy) is 1. The topological polar surface area (TPSA) is 173 Å². The summed E-state index contributed by atoms with van der Waals surface area (Å²) < 4.78 is 33.1. The number of amides is 4. The molecule has 3 aliphatic carbocycles. The molecular weight excluding hydrogens is 626 g/mol. The SMILES string of the molecule is O=C(N[C@H]1CCCCC/C=C\[C@@H]2CC2(C(=O)NS(=O)(=O)C2CC2)NC(=O)[C@@H]2C[C@@H](O/N=C/c3ccccc3)CN2C1=O)OC1CCC1. The van der Waals surface area contributed by atoms with Crippen molar-refractivity contribution in [2.45, 2.75) is 112 Å². The second-order valence-corrected chi connectivity index (χ2v) is 15.2. The van der Waals surface area contributed by atoms with Gasteiger partial charge in [0.25, 0.3) is 5.91 Å². The van der Waals surface area contributed by atoms with Crippen molar-refractivity contribution in [2.75, 3.05) is 6.54 Å². The average Bonchev–Trinajstić information content (AvgIpc) is 3.95. The second kappa shape index (κ2) is 14.0. The molecule has 6 rings (SSSR count). The van der Waals surface area contributed by atoms with Crippen molar-refractivity contribution in [2.24, 2.45) is 11.1 Å². The Kier molecular flexibility index (Phi) is 9.85. The highest BCUT2D eigenvalue weighted by molar-refractivity contribution is 7.91. The minimum atomic E-state index is -3.85. The first kappa shape index (κ1) is 33.0. The molecule has 2 heterocycles. The van der Waals surface area contributed by atoms with Crippen molar-refractivity contribution < 1.29 is 37.2 Å². The molecule has 4 fully saturated rings. The zero-order valence-corrected chi connectivity index (χ0v) is 27.2. The Labute approximate surface area is 274 Å². The fourth-order valence-electron chi connectivity index (χ4n) is 6.37. The van der Waals surface area contributed by atoms with Crippen LogP contribution < -0.4 is 15.4 Å². The molecule has 14 heteroatoms. The van der Waals surface area contributed by atoms with Gasteiger partial charge in [-0.05, 0) is 63.4 Å². The molecule has 0 aromatic heterocycles. The Morgan fingerprint density at radius 1 is 1.00 bits per heavy atom. The Bertz CT molecular complexity index is 1510. The van der Waals surface area contributed by atoms with E-state index >= 15 is 0 Å². The molecule has 0 bridgehead atoms. The molecule has 1 unspecified atom stereocenters. The molecule has 2 aliphatic heterocycles. The summed E-state index contributed by atoms with van der Waals surface area (Å²) >= 11 is 0. The quantitative estimate of drug-likeness (QED) is 0.215. The van der Waals surface area contributed by atoms with E-state index in [4.69, 9.17) is 9.57 Å². The number of carbonyl (C=O) groups is 4. The summed E-state index contributed by atoms with van der Waals surface area (Å²) in [6.45, 7) is 0.0253. The molecule has 1 saturated heterocycles. The lowest BCUT2D eigenvalue weighted by Crippen LogP contribution is -2.58. The number of carbonyl (C=O) groups excluding carboxylic acids is 4. The van der Waals surface area contributed by atoms with Crippen LogP contribution in [0.1, 0.15) is 82.6 Å². The number of alkyl carbamates (subject to hydrolysis) is 1. The Hall–Kier alpha value is -3.94. The molecule has 5 atom stereocenters. The first-order valence-electron chi connectivity index (χ1n) is 16.7. The van der Waals surface area contributed by atoms with Gasteiger partial charge in [-0.2, -0.15) is 0 Å². The van der Waals surface area contributed by atoms with E-state index in [1.54, 1.807) is 6.21 Å². The summed E-state index contributed by atoms with van der Waals surface area (Å²) in [5, 5.41) is 9.09. The lowest BCUT2D eigenvalue weighted by molar-refractivity contribution is -0.141. The van der Waals surface area contributed by atoms with E-state index in [-0.39, 0.29) is 25.5 Å². The number of nitrogens with one attached hydrogen (secondary N) is 3. The minimum absolute atomic E-state index is 0.0253. The van der Waals surface area contributed by atoms with Crippen LogP contribution in [-0.2, 0) is 34.0 Å². The van der Waals surface area contributed by atoms with Crippen LogP contribution in [0.5, 0.6) is 0 Å². The number of oxime groups is 1. The van der Waals surface area contributed by atoms with E-state index in [9.17, 15) is 27.6 Å². The molecule has 1 aromatic carbocycles. The number of fused-ring (bicyclic) bond motifs is 2. The molecule has 254 valence electrons. The van der Waals surface area contributed by atoms with Crippen LogP contribution in [-0.4, -0.2) is 85.0 Å². The smallest absolute Gasteiger partial charge is 0.408 e. The van der Waals surface area contributed by atoms with Crippen molar-refractivity contribution in [3.63, 3.8) is 0 Å². The molecule has 3 saturated carbocycles. The Morgan fingerprint density at radius 3 is 2.51 bits per heavy atom. The molecular formula is C33H43N5O8S. The predicted octanol–water partition coefficient (Wildman–Crippen LogP) is 2.66. The van der Waals surface area contributed by atoms with Gasteiger partial charge in [0.15, 0.2) is 0 Å². The number of hydrogen-bond donors (Lipinski definition) is 3. The fourth-order valence-corrected chi connectivity index (χ4v) is 7.73. The molecule has 3 N–H and O–H groups in total. The normalized spacial score (nSPS) is 30.9. The van der Waals surface area contributed by atoms with Crippen LogP contribution in [0.15, 0.2) is 47.6 Å². The molecule has 1 aromatic rings. The van der Waals surface area contributed by atoms with Crippen molar-refractivity contribution >= 4 is 40.1 Å².